The smallest absolute Gasteiger partial charge is 0.162 e. The van der Waals surface area contributed by atoms with Gasteiger partial charge in [0.25, 0.3) is 0 Å². The number of aliphatic hydroxyl groups is 1. The van der Waals surface area contributed by atoms with E-state index < -0.39 is 6.10 Å². The zero-order valence-corrected chi connectivity index (χ0v) is 11.9. The summed E-state index contributed by atoms with van der Waals surface area (Å²) in [5.74, 6) is 0.628. The number of aromatic nitrogens is 2. The molecule has 0 aromatic carbocycles. The van der Waals surface area contributed by atoms with Crippen LogP contribution in [0.3, 0.4) is 0 Å². The van der Waals surface area contributed by atoms with Gasteiger partial charge in [-0.2, -0.15) is 5.10 Å². The molecule has 0 bridgehead atoms. The average Bonchev–Trinajstić information content (AvgIpc) is 2.72. The number of methoxy groups -OCH3 is 2. The molecular weight excluding hydrogens is 232 g/mol. The molecule has 0 aliphatic heterocycles. The van der Waals surface area contributed by atoms with E-state index >= 15 is 0 Å². The number of aliphatic hydroxyl groups excluding tert-OH is 1. The summed E-state index contributed by atoms with van der Waals surface area (Å²) in [4.78, 5) is 0. The van der Waals surface area contributed by atoms with Crippen LogP contribution in [-0.2, 0) is 11.3 Å². The van der Waals surface area contributed by atoms with Gasteiger partial charge in [-0.05, 0) is 20.3 Å². The monoisotopic (exact) mass is 256 g/mol. The van der Waals surface area contributed by atoms with Gasteiger partial charge in [-0.25, -0.2) is 0 Å². The molecule has 0 spiro atoms. The minimum Gasteiger partial charge on any atom is -0.493 e. The van der Waals surface area contributed by atoms with Gasteiger partial charge < -0.3 is 14.6 Å². The van der Waals surface area contributed by atoms with Crippen molar-refractivity contribution in [3.05, 3.63) is 11.9 Å². The zero-order chi connectivity index (χ0) is 13.8. The van der Waals surface area contributed by atoms with Crippen LogP contribution in [0.1, 0.15) is 45.4 Å². The Morgan fingerprint density at radius 1 is 1.44 bits per heavy atom. The Morgan fingerprint density at radius 2 is 2.11 bits per heavy atom. The second-order valence-electron chi connectivity index (χ2n) is 5.01. The van der Waals surface area contributed by atoms with E-state index in [4.69, 9.17) is 9.47 Å². The van der Waals surface area contributed by atoms with Crippen molar-refractivity contribution in [1.29, 1.82) is 0 Å². The van der Waals surface area contributed by atoms with Gasteiger partial charge in [-0.1, -0.05) is 6.92 Å². The van der Waals surface area contributed by atoms with Crippen LogP contribution in [0.2, 0.25) is 0 Å². The largest absolute Gasteiger partial charge is 0.493 e. The van der Waals surface area contributed by atoms with Crippen molar-refractivity contribution >= 4 is 0 Å². The Balaban J connectivity index is 2.95. The molecule has 0 fully saturated rings. The van der Waals surface area contributed by atoms with Crippen molar-refractivity contribution in [3.8, 4) is 5.75 Å². The van der Waals surface area contributed by atoms with Gasteiger partial charge in [0.05, 0.1) is 18.9 Å². The number of ether oxygens (including phenoxy) is 2. The van der Waals surface area contributed by atoms with Gasteiger partial charge in [0.15, 0.2) is 5.75 Å². The van der Waals surface area contributed by atoms with Crippen LogP contribution in [0, 0.1) is 0 Å². The lowest BCUT2D eigenvalue weighted by Crippen LogP contribution is -2.26. The molecule has 0 aliphatic rings. The third kappa shape index (κ3) is 3.46. The van der Waals surface area contributed by atoms with E-state index in [1.165, 1.54) is 0 Å². The molecule has 1 atom stereocenters. The first kappa shape index (κ1) is 15.0. The third-order valence-corrected chi connectivity index (χ3v) is 3.05. The lowest BCUT2D eigenvalue weighted by Gasteiger charge is -2.26. The zero-order valence-electron chi connectivity index (χ0n) is 11.9. The fraction of sp³-hybridized carbons (Fsp3) is 0.769. The number of hydrogen-bond donors (Lipinski definition) is 1. The van der Waals surface area contributed by atoms with Crippen LogP contribution in [0.5, 0.6) is 5.75 Å². The summed E-state index contributed by atoms with van der Waals surface area (Å²) in [5.41, 5.74) is 0.343. The summed E-state index contributed by atoms with van der Waals surface area (Å²) >= 11 is 0. The maximum atomic E-state index is 10.4. The van der Waals surface area contributed by atoms with Crippen LogP contribution in [0.15, 0.2) is 6.20 Å². The molecule has 5 nitrogen and oxygen atoms in total. The first-order valence-electron chi connectivity index (χ1n) is 6.28. The first-order valence-corrected chi connectivity index (χ1v) is 6.28. The summed E-state index contributed by atoms with van der Waals surface area (Å²) in [6, 6.07) is 0. The fourth-order valence-corrected chi connectivity index (χ4v) is 1.91. The maximum Gasteiger partial charge on any atom is 0.162 e. The SMILES string of the molecule is CCCn1ncc(OC)c1C(O)CC(C)(C)OC. The van der Waals surface area contributed by atoms with Gasteiger partial charge >= 0.3 is 0 Å². The van der Waals surface area contributed by atoms with Crippen LogP contribution >= 0.6 is 0 Å². The Bertz CT molecular complexity index is 374. The summed E-state index contributed by atoms with van der Waals surface area (Å²) in [6.07, 6.45) is 2.45. The molecule has 5 heteroatoms. The van der Waals surface area contributed by atoms with E-state index in [0.717, 1.165) is 18.7 Å². The number of nitrogens with zero attached hydrogens (tertiary/aromatic N) is 2. The Labute approximate surface area is 109 Å². The quantitative estimate of drug-likeness (QED) is 0.812. The number of aryl methyl sites for hydroxylation is 1. The molecule has 0 radical (unpaired) electrons. The molecule has 0 saturated heterocycles. The molecule has 18 heavy (non-hydrogen) atoms. The molecule has 1 N–H and O–H groups in total. The highest BCUT2D eigenvalue weighted by molar-refractivity contribution is 5.27. The second kappa shape index (κ2) is 6.20. The third-order valence-electron chi connectivity index (χ3n) is 3.05. The van der Waals surface area contributed by atoms with Crippen molar-refractivity contribution in [1.82, 2.24) is 9.78 Å². The molecule has 1 aromatic rings. The molecule has 0 aliphatic carbocycles. The van der Waals surface area contributed by atoms with Crippen molar-refractivity contribution in [2.45, 2.75) is 51.9 Å². The van der Waals surface area contributed by atoms with E-state index in [2.05, 4.69) is 12.0 Å². The second-order valence-corrected chi connectivity index (χ2v) is 5.01. The van der Waals surface area contributed by atoms with Crippen molar-refractivity contribution in [3.63, 3.8) is 0 Å². The molecule has 0 saturated carbocycles. The molecule has 0 amide bonds. The van der Waals surface area contributed by atoms with Crippen LogP contribution in [0.25, 0.3) is 0 Å². The van der Waals surface area contributed by atoms with E-state index in [9.17, 15) is 5.11 Å². The topological polar surface area (TPSA) is 56.5 Å². The van der Waals surface area contributed by atoms with Crippen LogP contribution in [-0.4, -0.2) is 34.7 Å². The molecular formula is C13H24N2O3. The summed E-state index contributed by atoms with van der Waals surface area (Å²) < 4.78 is 12.4. The maximum absolute atomic E-state index is 10.4. The minimum atomic E-state index is -0.649. The Morgan fingerprint density at radius 3 is 2.61 bits per heavy atom. The van der Waals surface area contributed by atoms with Gasteiger partial charge in [0.2, 0.25) is 0 Å². The molecule has 1 rings (SSSR count). The standard InChI is InChI=1S/C13H24N2O3/c1-6-7-15-12(11(17-4)9-14-15)10(16)8-13(2,3)18-5/h9-10,16H,6-8H2,1-5H3. The highest BCUT2D eigenvalue weighted by Gasteiger charge is 2.27. The summed E-state index contributed by atoms with van der Waals surface area (Å²) in [7, 11) is 3.23. The van der Waals surface area contributed by atoms with Gasteiger partial charge in [0, 0.05) is 20.1 Å². The Kier molecular flexibility index (Phi) is 5.16. The van der Waals surface area contributed by atoms with Gasteiger partial charge in [0.1, 0.15) is 11.8 Å². The van der Waals surface area contributed by atoms with Crippen LogP contribution < -0.4 is 4.74 Å². The molecule has 1 aromatic heterocycles. The first-order chi connectivity index (χ1) is 8.45. The molecule has 1 heterocycles. The predicted octanol–water partition coefficient (Wildman–Crippen LogP) is 2.15. The Hall–Kier alpha value is -1.07. The van der Waals surface area contributed by atoms with Gasteiger partial charge in [-0.15, -0.1) is 0 Å². The normalized spacial score (nSPS) is 13.7. The summed E-state index contributed by atoms with van der Waals surface area (Å²) in [5, 5.41) is 14.6. The van der Waals surface area contributed by atoms with E-state index in [0.29, 0.717) is 12.2 Å². The molecule has 104 valence electrons. The van der Waals surface area contributed by atoms with E-state index in [1.807, 2.05) is 13.8 Å². The van der Waals surface area contributed by atoms with Crippen LogP contribution in [0.4, 0.5) is 0 Å². The molecule has 1 unspecified atom stereocenters. The number of rotatable bonds is 7. The minimum absolute atomic E-state index is 0.383. The highest BCUT2D eigenvalue weighted by Crippen LogP contribution is 2.31. The fourth-order valence-electron chi connectivity index (χ4n) is 1.91. The van der Waals surface area contributed by atoms with E-state index in [-0.39, 0.29) is 5.60 Å². The average molecular weight is 256 g/mol. The highest BCUT2D eigenvalue weighted by atomic mass is 16.5. The lowest BCUT2D eigenvalue weighted by molar-refractivity contribution is -0.0224. The van der Waals surface area contributed by atoms with E-state index in [1.54, 1.807) is 25.1 Å². The van der Waals surface area contributed by atoms with Gasteiger partial charge in [-0.3, -0.25) is 4.68 Å². The van der Waals surface area contributed by atoms with Crippen molar-refractivity contribution < 1.29 is 14.6 Å². The summed E-state index contributed by atoms with van der Waals surface area (Å²) in [6.45, 7) is 6.74. The lowest BCUT2D eigenvalue weighted by atomic mass is 9.98. The van der Waals surface area contributed by atoms with Crippen molar-refractivity contribution in [2.75, 3.05) is 14.2 Å². The van der Waals surface area contributed by atoms with Crippen molar-refractivity contribution in [2.24, 2.45) is 0 Å². The number of hydrogen-bond acceptors (Lipinski definition) is 4. The predicted molar refractivity (Wildman–Crippen MR) is 69.7 cm³/mol.